The molecule has 0 saturated carbocycles. The minimum Gasteiger partial charge on any atom is -0.459 e. The lowest BCUT2D eigenvalue weighted by Gasteiger charge is -2.08. The molecule has 1 aromatic heterocycles. The Kier molecular flexibility index (Phi) is 4.89. The summed E-state index contributed by atoms with van der Waals surface area (Å²) in [6.45, 7) is 3.85. The number of nitrogens with zero attached hydrogens (tertiary/aromatic N) is 1. The second kappa shape index (κ2) is 7.26. The predicted octanol–water partition coefficient (Wildman–Crippen LogP) is 3.58. The smallest absolute Gasteiger partial charge is 0.338 e. The van der Waals surface area contributed by atoms with Crippen molar-refractivity contribution in [3.63, 3.8) is 0 Å². The Morgan fingerprint density at radius 1 is 0.920 bits per heavy atom. The van der Waals surface area contributed by atoms with E-state index in [-0.39, 0.29) is 24.4 Å². The fourth-order valence-corrected chi connectivity index (χ4v) is 2.68. The van der Waals surface area contributed by atoms with Crippen LogP contribution in [0.1, 0.15) is 34.6 Å². The molecule has 4 heteroatoms. The highest BCUT2D eigenvalue weighted by molar-refractivity contribution is 5.97. The van der Waals surface area contributed by atoms with Gasteiger partial charge < -0.3 is 4.74 Å². The van der Waals surface area contributed by atoms with Crippen LogP contribution in [-0.2, 0) is 11.3 Å². The molecule has 0 radical (unpaired) electrons. The van der Waals surface area contributed by atoms with Crippen molar-refractivity contribution >= 4 is 22.7 Å². The zero-order chi connectivity index (χ0) is 17.8. The van der Waals surface area contributed by atoms with Crippen molar-refractivity contribution in [2.75, 3.05) is 0 Å². The lowest BCUT2D eigenvalue weighted by Crippen LogP contribution is -2.38. The number of esters is 1. The molecule has 0 N–H and O–H groups in total. The summed E-state index contributed by atoms with van der Waals surface area (Å²) in [6.07, 6.45) is 1.73. The number of para-hydroxylation sites is 1. The summed E-state index contributed by atoms with van der Waals surface area (Å²) in [5.41, 5.74) is 2.03. The van der Waals surface area contributed by atoms with Crippen LogP contribution in [0.25, 0.3) is 10.9 Å². The van der Waals surface area contributed by atoms with Crippen molar-refractivity contribution in [1.82, 2.24) is 0 Å². The first-order valence-electron chi connectivity index (χ1n) is 8.26. The lowest BCUT2D eigenvalue weighted by molar-refractivity contribution is -0.657. The number of Topliss-reactive ketones (excluding diaryl/α,β-unsaturated/α-hetero) is 1. The number of ether oxygens (including phenoxy) is 1. The van der Waals surface area contributed by atoms with Gasteiger partial charge in [0.15, 0.2) is 6.20 Å². The van der Waals surface area contributed by atoms with Gasteiger partial charge in [0, 0.05) is 23.1 Å². The number of hydrogen-bond donors (Lipinski definition) is 0. The molecular weight excluding hydrogens is 314 g/mol. The molecule has 126 valence electrons. The molecule has 0 amide bonds. The van der Waals surface area contributed by atoms with Gasteiger partial charge in [-0.05, 0) is 38.1 Å². The number of aromatic nitrogens is 1. The van der Waals surface area contributed by atoms with Gasteiger partial charge in [0.1, 0.15) is 0 Å². The fraction of sp³-hybridized carbons (Fsp3) is 0.190. The van der Waals surface area contributed by atoms with E-state index in [1.165, 1.54) is 0 Å². The standard InChI is InChI=1S/C21H20NO3/c1-15(2)25-21(24)18-11-9-17(10-12-18)20(23)14-22-13-5-7-16-6-3-4-8-19(16)22/h3-13,15H,14H2,1-2H3/q+1. The van der Waals surface area contributed by atoms with Crippen LogP contribution in [-0.4, -0.2) is 17.9 Å². The first-order valence-corrected chi connectivity index (χ1v) is 8.26. The lowest BCUT2D eigenvalue weighted by atomic mass is 10.1. The quantitative estimate of drug-likeness (QED) is 0.407. The number of benzene rings is 2. The van der Waals surface area contributed by atoms with Crippen molar-refractivity contribution in [2.45, 2.75) is 26.5 Å². The number of carbonyl (C=O) groups is 2. The van der Waals surface area contributed by atoms with E-state index in [2.05, 4.69) is 0 Å². The van der Waals surface area contributed by atoms with Crippen LogP contribution in [0.2, 0.25) is 0 Å². The number of carbonyl (C=O) groups excluding carboxylic acids is 2. The van der Waals surface area contributed by atoms with Crippen LogP contribution in [0.3, 0.4) is 0 Å². The van der Waals surface area contributed by atoms with E-state index in [0.29, 0.717) is 11.1 Å². The van der Waals surface area contributed by atoms with Gasteiger partial charge in [0.2, 0.25) is 17.8 Å². The molecule has 2 aromatic carbocycles. The Bertz CT molecular complexity index is 909. The average molecular weight is 334 g/mol. The Morgan fingerprint density at radius 2 is 1.56 bits per heavy atom. The minimum absolute atomic E-state index is 0.00914. The normalized spacial score (nSPS) is 10.8. The fourth-order valence-electron chi connectivity index (χ4n) is 2.68. The highest BCUT2D eigenvalue weighted by atomic mass is 16.5. The second-order valence-corrected chi connectivity index (χ2v) is 6.15. The van der Waals surface area contributed by atoms with Crippen LogP contribution in [0.4, 0.5) is 0 Å². The third-order valence-electron chi connectivity index (χ3n) is 3.89. The first kappa shape index (κ1) is 16.8. The molecule has 0 aliphatic rings. The highest BCUT2D eigenvalue weighted by Gasteiger charge is 2.16. The number of hydrogen-bond acceptors (Lipinski definition) is 3. The van der Waals surface area contributed by atoms with Gasteiger partial charge in [0.25, 0.3) is 0 Å². The number of rotatable bonds is 5. The van der Waals surface area contributed by atoms with Gasteiger partial charge in [-0.1, -0.05) is 24.3 Å². The van der Waals surface area contributed by atoms with Crippen molar-refractivity contribution < 1.29 is 18.9 Å². The summed E-state index contributed by atoms with van der Waals surface area (Å²) in [5, 5.41) is 1.09. The number of fused-ring (bicyclic) bond motifs is 1. The maximum atomic E-state index is 12.6. The SMILES string of the molecule is CC(C)OC(=O)c1ccc(C(=O)C[n+]2cccc3ccccc32)cc1. The third kappa shape index (κ3) is 3.91. The molecule has 0 bridgehead atoms. The molecule has 0 spiro atoms. The van der Waals surface area contributed by atoms with Crippen LogP contribution in [0, 0.1) is 0 Å². The molecule has 25 heavy (non-hydrogen) atoms. The molecule has 0 saturated heterocycles. The van der Waals surface area contributed by atoms with E-state index < -0.39 is 0 Å². The molecule has 0 aliphatic carbocycles. The van der Waals surface area contributed by atoms with Crippen LogP contribution < -0.4 is 4.57 Å². The van der Waals surface area contributed by atoms with Gasteiger partial charge in [-0.25, -0.2) is 4.79 Å². The molecule has 0 aliphatic heterocycles. The summed E-state index contributed by atoms with van der Waals surface area (Å²) in [6, 6.07) is 18.5. The first-order chi connectivity index (χ1) is 12.0. The predicted molar refractivity (Wildman–Crippen MR) is 95.5 cm³/mol. The molecule has 3 aromatic rings. The molecule has 3 rings (SSSR count). The number of ketones is 1. The molecular formula is C21H20NO3+. The maximum Gasteiger partial charge on any atom is 0.338 e. The van der Waals surface area contributed by atoms with E-state index in [1.807, 2.05) is 47.2 Å². The van der Waals surface area contributed by atoms with Crippen LogP contribution >= 0.6 is 0 Å². The van der Waals surface area contributed by atoms with Gasteiger partial charge in [-0.15, -0.1) is 0 Å². The molecule has 0 unspecified atom stereocenters. The Hall–Kier alpha value is -3.01. The van der Waals surface area contributed by atoms with Crippen molar-refractivity contribution in [3.8, 4) is 0 Å². The van der Waals surface area contributed by atoms with E-state index in [4.69, 9.17) is 4.74 Å². The summed E-state index contributed by atoms with van der Waals surface area (Å²) in [5.74, 6) is -0.387. The van der Waals surface area contributed by atoms with Crippen LogP contribution in [0.15, 0.2) is 66.9 Å². The van der Waals surface area contributed by atoms with Crippen molar-refractivity contribution in [2.24, 2.45) is 0 Å². The molecule has 4 nitrogen and oxygen atoms in total. The average Bonchev–Trinajstić information content (AvgIpc) is 2.61. The van der Waals surface area contributed by atoms with E-state index in [9.17, 15) is 9.59 Å². The Labute approximate surface area is 146 Å². The number of pyridine rings is 1. The third-order valence-corrected chi connectivity index (χ3v) is 3.89. The van der Waals surface area contributed by atoms with Gasteiger partial charge >= 0.3 is 5.97 Å². The highest BCUT2D eigenvalue weighted by Crippen LogP contribution is 2.10. The monoisotopic (exact) mass is 334 g/mol. The Morgan fingerprint density at radius 3 is 2.28 bits per heavy atom. The topological polar surface area (TPSA) is 47.3 Å². The maximum absolute atomic E-state index is 12.6. The summed E-state index contributed by atoms with van der Waals surface area (Å²) < 4.78 is 7.08. The second-order valence-electron chi connectivity index (χ2n) is 6.15. The summed E-state index contributed by atoms with van der Waals surface area (Å²) in [7, 11) is 0. The van der Waals surface area contributed by atoms with Gasteiger partial charge in [-0.2, -0.15) is 4.57 Å². The largest absolute Gasteiger partial charge is 0.459 e. The van der Waals surface area contributed by atoms with Crippen LogP contribution in [0.5, 0.6) is 0 Å². The van der Waals surface area contributed by atoms with E-state index in [1.54, 1.807) is 38.1 Å². The van der Waals surface area contributed by atoms with Gasteiger partial charge in [-0.3, -0.25) is 4.79 Å². The zero-order valence-electron chi connectivity index (χ0n) is 14.3. The minimum atomic E-state index is -0.377. The van der Waals surface area contributed by atoms with E-state index >= 15 is 0 Å². The molecule has 0 fully saturated rings. The Balaban J connectivity index is 1.78. The zero-order valence-corrected chi connectivity index (χ0v) is 14.3. The molecule has 1 heterocycles. The van der Waals surface area contributed by atoms with Crippen molar-refractivity contribution in [1.29, 1.82) is 0 Å². The summed E-state index contributed by atoms with van der Waals surface area (Å²) in [4.78, 5) is 24.4. The molecule has 0 atom stereocenters. The van der Waals surface area contributed by atoms with Gasteiger partial charge in [0.05, 0.1) is 11.7 Å². The summed E-state index contributed by atoms with van der Waals surface area (Å²) >= 11 is 0. The van der Waals surface area contributed by atoms with Crippen molar-refractivity contribution in [3.05, 3.63) is 78.0 Å². The van der Waals surface area contributed by atoms with E-state index in [0.717, 1.165) is 10.9 Å².